The SMILES string of the molecule is CCOc1cccc(NC2CCCS(=O)(=O)C2)c1. The van der Waals surface area contributed by atoms with Gasteiger partial charge in [0.05, 0.1) is 18.1 Å². The predicted molar refractivity (Wildman–Crippen MR) is 72.9 cm³/mol. The van der Waals surface area contributed by atoms with Crippen LogP contribution in [0.25, 0.3) is 0 Å². The molecule has 0 saturated carbocycles. The normalized spacial score (nSPS) is 22.4. The highest BCUT2D eigenvalue weighted by molar-refractivity contribution is 7.91. The van der Waals surface area contributed by atoms with Crippen LogP contribution in [-0.4, -0.2) is 32.6 Å². The van der Waals surface area contributed by atoms with E-state index in [4.69, 9.17) is 4.74 Å². The second-order valence-corrected chi connectivity index (χ2v) is 6.79. The molecule has 0 aromatic heterocycles. The highest BCUT2D eigenvalue weighted by atomic mass is 32.2. The average molecular weight is 269 g/mol. The molecular formula is C13H19NO3S. The van der Waals surface area contributed by atoms with E-state index in [9.17, 15) is 8.42 Å². The second kappa shape index (κ2) is 5.61. The van der Waals surface area contributed by atoms with Crippen molar-refractivity contribution in [2.45, 2.75) is 25.8 Å². The van der Waals surface area contributed by atoms with Crippen molar-refractivity contribution < 1.29 is 13.2 Å². The zero-order valence-electron chi connectivity index (χ0n) is 10.6. The van der Waals surface area contributed by atoms with Crippen molar-refractivity contribution in [3.8, 4) is 5.75 Å². The van der Waals surface area contributed by atoms with Gasteiger partial charge < -0.3 is 10.1 Å². The number of rotatable bonds is 4. The first kappa shape index (κ1) is 13.2. The molecule has 5 heteroatoms. The summed E-state index contributed by atoms with van der Waals surface area (Å²) in [5, 5.41) is 3.28. The lowest BCUT2D eigenvalue weighted by molar-refractivity contribution is 0.340. The highest BCUT2D eigenvalue weighted by Gasteiger charge is 2.24. The van der Waals surface area contributed by atoms with Gasteiger partial charge in [-0.25, -0.2) is 8.42 Å². The molecule has 0 bridgehead atoms. The molecule has 100 valence electrons. The van der Waals surface area contributed by atoms with Gasteiger partial charge in [-0.3, -0.25) is 0 Å². The fourth-order valence-corrected chi connectivity index (χ4v) is 3.85. The summed E-state index contributed by atoms with van der Waals surface area (Å²) in [6.07, 6.45) is 1.64. The minimum Gasteiger partial charge on any atom is -0.494 e. The van der Waals surface area contributed by atoms with Gasteiger partial charge in [-0.15, -0.1) is 0 Å². The van der Waals surface area contributed by atoms with E-state index < -0.39 is 9.84 Å². The summed E-state index contributed by atoms with van der Waals surface area (Å²) in [5.74, 6) is 1.36. The Balaban J connectivity index is 2.02. The maximum atomic E-state index is 11.6. The van der Waals surface area contributed by atoms with E-state index in [-0.39, 0.29) is 11.8 Å². The zero-order chi connectivity index (χ0) is 13.0. The average Bonchev–Trinajstić information content (AvgIpc) is 2.28. The van der Waals surface area contributed by atoms with Crippen LogP contribution in [0.15, 0.2) is 24.3 Å². The summed E-state index contributed by atoms with van der Waals surface area (Å²) in [5.41, 5.74) is 0.919. The molecule has 1 aromatic rings. The Hall–Kier alpha value is -1.23. The number of anilines is 1. The van der Waals surface area contributed by atoms with Crippen LogP contribution in [0.5, 0.6) is 5.75 Å². The summed E-state index contributed by atoms with van der Waals surface area (Å²) >= 11 is 0. The smallest absolute Gasteiger partial charge is 0.152 e. The lowest BCUT2D eigenvalue weighted by Crippen LogP contribution is -2.34. The number of sulfone groups is 1. The third-order valence-electron chi connectivity index (χ3n) is 2.98. The monoisotopic (exact) mass is 269 g/mol. The molecule has 0 amide bonds. The molecular weight excluding hydrogens is 250 g/mol. The molecule has 1 aromatic carbocycles. The number of benzene rings is 1. The van der Waals surface area contributed by atoms with Gasteiger partial charge in [-0.2, -0.15) is 0 Å². The Morgan fingerprint density at radius 2 is 2.28 bits per heavy atom. The van der Waals surface area contributed by atoms with Gasteiger partial charge in [0.2, 0.25) is 0 Å². The molecule has 1 unspecified atom stereocenters. The van der Waals surface area contributed by atoms with Crippen LogP contribution < -0.4 is 10.1 Å². The minimum atomic E-state index is -2.87. The Kier molecular flexibility index (Phi) is 4.11. The molecule has 1 aliphatic heterocycles. The number of ether oxygens (including phenoxy) is 1. The molecule has 1 N–H and O–H groups in total. The van der Waals surface area contributed by atoms with E-state index in [1.165, 1.54) is 0 Å². The van der Waals surface area contributed by atoms with Crippen molar-refractivity contribution in [1.82, 2.24) is 0 Å². The Morgan fingerprint density at radius 3 is 3.00 bits per heavy atom. The molecule has 1 heterocycles. The van der Waals surface area contributed by atoms with Gasteiger partial charge in [-0.05, 0) is 31.9 Å². The van der Waals surface area contributed by atoms with Gasteiger partial charge >= 0.3 is 0 Å². The maximum Gasteiger partial charge on any atom is 0.152 e. The summed E-state index contributed by atoms with van der Waals surface area (Å²) in [7, 11) is -2.87. The van der Waals surface area contributed by atoms with E-state index in [0.29, 0.717) is 12.4 Å². The molecule has 0 aliphatic carbocycles. The van der Waals surface area contributed by atoms with Crippen LogP contribution in [0.3, 0.4) is 0 Å². The van der Waals surface area contributed by atoms with E-state index in [1.807, 2.05) is 31.2 Å². The van der Waals surface area contributed by atoms with Gasteiger partial charge in [0.15, 0.2) is 9.84 Å². The maximum absolute atomic E-state index is 11.6. The number of nitrogens with one attached hydrogen (secondary N) is 1. The summed E-state index contributed by atoms with van der Waals surface area (Å²) < 4.78 is 28.5. The van der Waals surface area contributed by atoms with Crippen molar-refractivity contribution in [2.24, 2.45) is 0 Å². The molecule has 1 atom stereocenters. The number of hydrogen-bond acceptors (Lipinski definition) is 4. The zero-order valence-corrected chi connectivity index (χ0v) is 11.4. The molecule has 4 nitrogen and oxygen atoms in total. The topological polar surface area (TPSA) is 55.4 Å². The standard InChI is InChI=1S/C13H19NO3S/c1-2-17-13-7-3-5-11(9-13)14-12-6-4-8-18(15,16)10-12/h3,5,7,9,12,14H,2,4,6,8,10H2,1H3. The fourth-order valence-electron chi connectivity index (χ4n) is 2.21. The van der Waals surface area contributed by atoms with Gasteiger partial charge in [-0.1, -0.05) is 6.07 Å². The molecule has 0 spiro atoms. The quantitative estimate of drug-likeness (QED) is 0.909. The lowest BCUT2D eigenvalue weighted by Gasteiger charge is -2.24. The van der Waals surface area contributed by atoms with Crippen LogP contribution in [0.2, 0.25) is 0 Å². The van der Waals surface area contributed by atoms with Crippen molar-refractivity contribution in [2.75, 3.05) is 23.4 Å². The van der Waals surface area contributed by atoms with Gasteiger partial charge in [0.25, 0.3) is 0 Å². The van der Waals surface area contributed by atoms with Crippen LogP contribution in [0.1, 0.15) is 19.8 Å². The van der Waals surface area contributed by atoms with Crippen LogP contribution >= 0.6 is 0 Å². The first-order valence-corrected chi connectivity index (χ1v) is 8.11. The van der Waals surface area contributed by atoms with E-state index in [1.54, 1.807) is 0 Å². The van der Waals surface area contributed by atoms with Gasteiger partial charge in [0.1, 0.15) is 5.75 Å². The summed E-state index contributed by atoms with van der Waals surface area (Å²) in [6, 6.07) is 7.66. The lowest BCUT2D eigenvalue weighted by atomic mass is 10.1. The van der Waals surface area contributed by atoms with Crippen LogP contribution in [0, 0.1) is 0 Å². The van der Waals surface area contributed by atoms with Crippen molar-refractivity contribution in [3.63, 3.8) is 0 Å². The van der Waals surface area contributed by atoms with Crippen molar-refractivity contribution in [3.05, 3.63) is 24.3 Å². The minimum absolute atomic E-state index is 0.0145. The molecule has 1 saturated heterocycles. The van der Waals surface area contributed by atoms with E-state index in [2.05, 4.69) is 5.32 Å². The summed E-state index contributed by atoms with van der Waals surface area (Å²) in [6.45, 7) is 2.56. The van der Waals surface area contributed by atoms with Crippen molar-refractivity contribution in [1.29, 1.82) is 0 Å². The molecule has 18 heavy (non-hydrogen) atoms. The Morgan fingerprint density at radius 1 is 1.44 bits per heavy atom. The predicted octanol–water partition coefficient (Wildman–Crippen LogP) is 2.07. The van der Waals surface area contributed by atoms with Gasteiger partial charge in [0, 0.05) is 17.8 Å². The summed E-state index contributed by atoms with van der Waals surface area (Å²) in [4.78, 5) is 0. The first-order valence-electron chi connectivity index (χ1n) is 6.29. The third-order valence-corrected chi connectivity index (χ3v) is 4.80. The number of hydrogen-bond donors (Lipinski definition) is 1. The third kappa shape index (κ3) is 3.63. The first-order chi connectivity index (χ1) is 8.59. The van der Waals surface area contributed by atoms with Crippen molar-refractivity contribution >= 4 is 15.5 Å². The van der Waals surface area contributed by atoms with Crippen LogP contribution in [0.4, 0.5) is 5.69 Å². The Labute approximate surface area is 108 Å². The fraction of sp³-hybridized carbons (Fsp3) is 0.538. The highest BCUT2D eigenvalue weighted by Crippen LogP contribution is 2.21. The van der Waals surface area contributed by atoms with E-state index in [0.717, 1.165) is 24.3 Å². The van der Waals surface area contributed by atoms with E-state index >= 15 is 0 Å². The molecule has 1 aliphatic rings. The molecule has 1 fully saturated rings. The molecule has 0 radical (unpaired) electrons. The largest absolute Gasteiger partial charge is 0.494 e. The van der Waals surface area contributed by atoms with Crippen LogP contribution in [-0.2, 0) is 9.84 Å². The molecule has 2 rings (SSSR count). The second-order valence-electron chi connectivity index (χ2n) is 4.56. The Bertz CT molecular complexity index is 499.